The van der Waals surface area contributed by atoms with E-state index < -0.39 is 4.92 Å². The Morgan fingerprint density at radius 2 is 1.68 bits per heavy atom. The van der Waals surface area contributed by atoms with Crippen molar-refractivity contribution in [1.29, 1.82) is 0 Å². The fourth-order valence-electron chi connectivity index (χ4n) is 2.12. The molecule has 0 heterocycles. The lowest BCUT2D eigenvalue weighted by atomic mass is 10.1. The van der Waals surface area contributed by atoms with Crippen LogP contribution in [0.5, 0.6) is 0 Å². The van der Waals surface area contributed by atoms with E-state index >= 15 is 0 Å². The summed E-state index contributed by atoms with van der Waals surface area (Å²) in [4.78, 5) is 21.9. The normalized spacial score (nSPS) is 10.2. The van der Waals surface area contributed by atoms with Crippen LogP contribution in [-0.4, -0.2) is 10.8 Å². The van der Waals surface area contributed by atoms with E-state index in [9.17, 15) is 14.9 Å². The molecule has 0 atom stereocenters. The Labute approximate surface area is 129 Å². The molecule has 0 bridgehead atoms. The van der Waals surface area contributed by atoms with E-state index in [2.05, 4.69) is 17.4 Å². The van der Waals surface area contributed by atoms with Crippen LogP contribution in [0.4, 0.5) is 5.69 Å². The van der Waals surface area contributed by atoms with E-state index in [1.54, 1.807) is 12.1 Å². The second kappa shape index (κ2) is 7.93. The predicted molar refractivity (Wildman–Crippen MR) is 84.3 cm³/mol. The molecule has 114 valence electrons. The molecule has 5 heteroatoms. The molecule has 2 aromatic rings. The average Bonchev–Trinajstić information content (AvgIpc) is 2.54. The van der Waals surface area contributed by atoms with Crippen molar-refractivity contribution in [2.45, 2.75) is 25.8 Å². The van der Waals surface area contributed by atoms with Gasteiger partial charge in [-0.1, -0.05) is 42.5 Å². The topological polar surface area (TPSA) is 72.2 Å². The Hall–Kier alpha value is -2.69. The second-order valence-corrected chi connectivity index (χ2v) is 5.04. The number of rotatable bonds is 7. The number of carbonyl (C=O) groups is 1. The molecule has 0 unspecified atom stereocenters. The van der Waals surface area contributed by atoms with Crippen LogP contribution in [-0.2, 0) is 17.8 Å². The Bertz CT molecular complexity index is 624. The molecule has 0 saturated carbocycles. The zero-order valence-electron chi connectivity index (χ0n) is 12.2. The number of amides is 1. The van der Waals surface area contributed by atoms with E-state index in [0.29, 0.717) is 13.0 Å². The summed E-state index contributed by atoms with van der Waals surface area (Å²) in [6.45, 7) is 0.391. The Balaban J connectivity index is 1.70. The first-order chi connectivity index (χ1) is 10.6. The quantitative estimate of drug-likeness (QED) is 0.630. The minimum Gasteiger partial charge on any atom is -0.352 e. The summed E-state index contributed by atoms with van der Waals surface area (Å²) in [6.07, 6.45) is 2.16. The number of nitrogens with one attached hydrogen (secondary N) is 1. The van der Waals surface area contributed by atoms with E-state index in [4.69, 9.17) is 0 Å². The van der Waals surface area contributed by atoms with Crippen LogP contribution in [0, 0.1) is 10.1 Å². The van der Waals surface area contributed by atoms with Crippen molar-refractivity contribution >= 4 is 11.6 Å². The number of hydrogen-bond donors (Lipinski definition) is 1. The van der Waals surface area contributed by atoms with E-state index in [-0.39, 0.29) is 11.6 Å². The van der Waals surface area contributed by atoms with Gasteiger partial charge in [-0.15, -0.1) is 0 Å². The fraction of sp³-hybridized carbons (Fsp3) is 0.235. The van der Waals surface area contributed by atoms with Gasteiger partial charge in [-0.2, -0.15) is 0 Å². The maximum Gasteiger partial charge on any atom is 0.269 e. The molecule has 1 amide bonds. The average molecular weight is 298 g/mol. The van der Waals surface area contributed by atoms with Gasteiger partial charge in [-0.05, 0) is 24.0 Å². The predicted octanol–water partition coefficient (Wildman–Crippen LogP) is 3.23. The highest BCUT2D eigenvalue weighted by Gasteiger charge is 2.05. The minimum atomic E-state index is -0.439. The lowest BCUT2D eigenvalue weighted by molar-refractivity contribution is -0.384. The molecule has 5 nitrogen and oxygen atoms in total. The molecular formula is C17H18N2O3. The van der Waals surface area contributed by atoms with Gasteiger partial charge in [0.1, 0.15) is 0 Å². The Kier molecular flexibility index (Phi) is 5.65. The van der Waals surface area contributed by atoms with Crippen LogP contribution in [0.25, 0.3) is 0 Å². The van der Waals surface area contributed by atoms with Gasteiger partial charge in [0.25, 0.3) is 5.69 Å². The van der Waals surface area contributed by atoms with Crippen LogP contribution in [0.3, 0.4) is 0 Å². The monoisotopic (exact) mass is 298 g/mol. The molecule has 0 aliphatic heterocycles. The molecule has 0 saturated heterocycles. The smallest absolute Gasteiger partial charge is 0.269 e. The highest BCUT2D eigenvalue weighted by atomic mass is 16.6. The third-order valence-corrected chi connectivity index (χ3v) is 3.35. The number of non-ortho nitro benzene ring substituents is 1. The second-order valence-electron chi connectivity index (χ2n) is 5.04. The van der Waals surface area contributed by atoms with E-state index in [1.807, 2.05) is 18.2 Å². The van der Waals surface area contributed by atoms with Crippen LogP contribution in [0.1, 0.15) is 24.0 Å². The number of nitro groups is 1. The zero-order chi connectivity index (χ0) is 15.8. The van der Waals surface area contributed by atoms with Crippen molar-refractivity contribution in [2.75, 3.05) is 0 Å². The molecule has 0 fully saturated rings. The third-order valence-electron chi connectivity index (χ3n) is 3.35. The van der Waals surface area contributed by atoms with Gasteiger partial charge in [0.15, 0.2) is 0 Å². The number of carbonyl (C=O) groups excluding carboxylic acids is 1. The zero-order valence-corrected chi connectivity index (χ0v) is 12.2. The van der Waals surface area contributed by atoms with Crippen molar-refractivity contribution < 1.29 is 9.72 Å². The summed E-state index contributed by atoms with van der Waals surface area (Å²) in [7, 11) is 0. The van der Waals surface area contributed by atoms with Crippen molar-refractivity contribution in [3.8, 4) is 0 Å². The van der Waals surface area contributed by atoms with Gasteiger partial charge in [0, 0.05) is 25.1 Å². The summed E-state index contributed by atoms with van der Waals surface area (Å²) in [5, 5.41) is 13.4. The van der Waals surface area contributed by atoms with Gasteiger partial charge < -0.3 is 5.32 Å². The number of aryl methyl sites for hydroxylation is 1. The molecule has 2 aromatic carbocycles. The summed E-state index contributed by atoms with van der Waals surface area (Å²) >= 11 is 0. The first kappa shape index (κ1) is 15.7. The number of nitrogens with zero attached hydrogens (tertiary/aromatic N) is 1. The highest BCUT2D eigenvalue weighted by Crippen LogP contribution is 2.11. The van der Waals surface area contributed by atoms with Crippen molar-refractivity contribution in [3.63, 3.8) is 0 Å². The standard InChI is InChI=1S/C17H18N2O3/c20-17(8-4-7-14-5-2-1-3-6-14)18-13-15-9-11-16(12-10-15)19(21)22/h1-3,5-6,9-12H,4,7-8,13H2,(H,18,20). The highest BCUT2D eigenvalue weighted by molar-refractivity contribution is 5.75. The third kappa shape index (κ3) is 5.01. The molecule has 0 aromatic heterocycles. The van der Waals surface area contributed by atoms with Crippen molar-refractivity contribution in [1.82, 2.24) is 5.32 Å². The fourth-order valence-corrected chi connectivity index (χ4v) is 2.12. The number of benzene rings is 2. The van der Waals surface area contributed by atoms with E-state index in [1.165, 1.54) is 17.7 Å². The van der Waals surface area contributed by atoms with Gasteiger partial charge in [0.05, 0.1) is 4.92 Å². The Morgan fingerprint density at radius 3 is 2.32 bits per heavy atom. The molecule has 22 heavy (non-hydrogen) atoms. The molecule has 0 aliphatic rings. The van der Waals surface area contributed by atoms with Crippen LogP contribution < -0.4 is 5.32 Å². The largest absolute Gasteiger partial charge is 0.352 e. The Morgan fingerprint density at radius 1 is 1.00 bits per heavy atom. The van der Waals surface area contributed by atoms with Crippen molar-refractivity contribution in [3.05, 3.63) is 75.8 Å². The van der Waals surface area contributed by atoms with Crippen molar-refractivity contribution in [2.24, 2.45) is 0 Å². The number of hydrogen-bond acceptors (Lipinski definition) is 3. The summed E-state index contributed by atoms with van der Waals surface area (Å²) in [5.74, 6) is -0.00529. The van der Waals surface area contributed by atoms with Gasteiger partial charge in [-0.25, -0.2) is 0 Å². The number of nitro benzene ring substituents is 1. The summed E-state index contributed by atoms with van der Waals surface area (Å²) in [6, 6.07) is 16.2. The SMILES string of the molecule is O=C(CCCc1ccccc1)NCc1ccc([N+](=O)[O-])cc1. The van der Waals surface area contributed by atoms with Crippen LogP contribution >= 0.6 is 0 Å². The molecule has 0 aliphatic carbocycles. The summed E-state index contributed by atoms with van der Waals surface area (Å²) in [5.41, 5.74) is 2.13. The van der Waals surface area contributed by atoms with Crippen LogP contribution in [0.2, 0.25) is 0 Å². The summed E-state index contributed by atoms with van der Waals surface area (Å²) < 4.78 is 0. The first-order valence-corrected chi connectivity index (χ1v) is 7.19. The first-order valence-electron chi connectivity index (χ1n) is 7.19. The van der Waals surface area contributed by atoms with E-state index in [0.717, 1.165) is 18.4 Å². The van der Waals surface area contributed by atoms with Crippen LogP contribution in [0.15, 0.2) is 54.6 Å². The van der Waals surface area contributed by atoms with Gasteiger partial charge >= 0.3 is 0 Å². The minimum absolute atomic E-state index is 0.00529. The molecular weight excluding hydrogens is 280 g/mol. The molecule has 0 spiro atoms. The van der Waals surface area contributed by atoms with Gasteiger partial charge in [-0.3, -0.25) is 14.9 Å². The molecule has 0 radical (unpaired) electrons. The molecule has 1 N–H and O–H groups in total. The lowest BCUT2D eigenvalue weighted by Crippen LogP contribution is -2.22. The lowest BCUT2D eigenvalue weighted by Gasteiger charge is -2.05. The maximum absolute atomic E-state index is 11.8. The molecule has 2 rings (SSSR count). The maximum atomic E-state index is 11.8. The van der Waals surface area contributed by atoms with Gasteiger partial charge in [0.2, 0.25) is 5.91 Å².